The van der Waals surface area contributed by atoms with Gasteiger partial charge in [0.05, 0.1) is 13.4 Å². The van der Waals surface area contributed by atoms with E-state index in [2.05, 4.69) is 15.3 Å². The van der Waals surface area contributed by atoms with Crippen LogP contribution in [0.25, 0.3) is 17.0 Å². The molecule has 8 heteroatoms. The first-order chi connectivity index (χ1) is 12.2. The zero-order chi connectivity index (χ0) is 17.2. The second-order valence-corrected chi connectivity index (χ2v) is 6.22. The van der Waals surface area contributed by atoms with E-state index in [1.54, 1.807) is 36.1 Å². The van der Waals surface area contributed by atoms with Gasteiger partial charge < -0.3 is 9.15 Å². The van der Waals surface area contributed by atoms with Crippen LogP contribution in [0.5, 0.6) is 5.75 Å². The quantitative estimate of drug-likeness (QED) is 0.555. The zero-order valence-corrected chi connectivity index (χ0v) is 14.1. The fourth-order valence-corrected chi connectivity index (χ4v) is 3.29. The minimum absolute atomic E-state index is 0.295. The number of rotatable bonds is 5. The molecule has 0 aliphatic carbocycles. The van der Waals surface area contributed by atoms with Crippen LogP contribution in [0.2, 0.25) is 0 Å². The van der Waals surface area contributed by atoms with Crippen LogP contribution in [0.15, 0.2) is 63.1 Å². The summed E-state index contributed by atoms with van der Waals surface area (Å²) >= 11 is 1.47. The van der Waals surface area contributed by atoms with Crippen molar-refractivity contribution in [3.8, 4) is 17.2 Å². The number of ether oxygens (including phenoxy) is 1. The van der Waals surface area contributed by atoms with E-state index in [9.17, 15) is 4.79 Å². The average molecular weight is 354 g/mol. The zero-order valence-electron chi connectivity index (χ0n) is 13.3. The van der Waals surface area contributed by atoms with Crippen LogP contribution in [0.1, 0.15) is 5.56 Å². The molecule has 1 aromatic carbocycles. The number of thioether (sulfide) groups is 1. The van der Waals surface area contributed by atoms with Crippen LogP contribution < -0.4 is 10.3 Å². The summed E-state index contributed by atoms with van der Waals surface area (Å²) in [5, 5.41) is 11.7. The number of nitrogens with one attached hydrogen (secondary N) is 1. The summed E-state index contributed by atoms with van der Waals surface area (Å²) in [4.78, 5) is 12.0. The van der Waals surface area contributed by atoms with Gasteiger partial charge in [0.2, 0.25) is 5.16 Å². The van der Waals surface area contributed by atoms with Gasteiger partial charge in [0, 0.05) is 11.8 Å². The molecule has 1 N–H and O–H groups in total. The number of nitrogens with zero attached hydrogens (tertiary/aromatic N) is 3. The van der Waals surface area contributed by atoms with Crippen LogP contribution in [-0.2, 0) is 5.75 Å². The number of hydrogen-bond acceptors (Lipinski definition) is 6. The van der Waals surface area contributed by atoms with Crippen molar-refractivity contribution in [2.45, 2.75) is 10.9 Å². The Bertz CT molecular complexity index is 1070. The molecule has 4 rings (SSSR count). The Hall–Kier alpha value is -3.00. The van der Waals surface area contributed by atoms with Gasteiger partial charge in [-0.25, -0.2) is 9.61 Å². The van der Waals surface area contributed by atoms with Crippen LogP contribution in [0.3, 0.4) is 0 Å². The van der Waals surface area contributed by atoms with Gasteiger partial charge in [-0.2, -0.15) is 5.10 Å². The summed E-state index contributed by atoms with van der Waals surface area (Å²) in [5.74, 6) is 2.07. The molecule has 126 valence electrons. The predicted molar refractivity (Wildman–Crippen MR) is 93.9 cm³/mol. The lowest BCUT2D eigenvalue weighted by Gasteiger charge is -2.05. The van der Waals surface area contributed by atoms with Crippen molar-refractivity contribution in [2.24, 2.45) is 0 Å². The van der Waals surface area contributed by atoms with Gasteiger partial charge in [0.1, 0.15) is 17.0 Å². The van der Waals surface area contributed by atoms with E-state index in [1.807, 2.05) is 24.3 Å². The maximum atomic E-state index is 12.0. The number of methoxy groups -OCH3 is 1. The molecule has 0 aliphatic heterocycles. The molecular formula is C17H14N4O3S. The third kappa shape index (κ3) is 3.03. The second kappa shape index (κ2) is 6.48. The largest absolute Gasteiger partial charge is 0.497 e. The Morgan fingerprint density at radius 3 is 3.00 bits per heavy atom. The fourth-order valence-electron chi connectivity index (χ4n) is 2.44. The molecule has 0 aliphatic rings. The van der Waals surface area contributed by atoms with E-state index in [4.69, 9.17) is 9.15 Å². The Morgan fingerprint density at radius 2 is 2.20 bits per heavy atom. The van der Waals surface area contributed by atoms with Crippen molar-refractivity contribution in [3.63, 3.8) is 0 Å². The average Bonchev–Trinajstić information content (AvgIpc) is 3.31. The smallest absolute Gasteiger partial charge is 0.290 e. The first-order valence-corrected chi connectivity index (χ1v) is 8.51. The summed E-state index contributed by atoms with van der Waals surface area (Å²) in [5.41, 5.74) is 1.81. The van der Waals surface area contributed by atoms with Gasteiger partial charge in [0.15, 0.2) is 5.76 Å². The van der Waals surface area contributed by atoms with Crippen LogP contribution in [0, 0.1) is 0 Å². The number of furan rings is 1. The number of hydrogen-bond donors (Lipinski definition) is 1. The number of aromatic amines is 1. The Labute approximate surface area is 146 Å². The normalized spacial score (nSPS) is 11.1. The maximum Gasteiger partial charge on any atom is 0.290 e. The molecule has 0 radical (unpaired) electrons. The number of fused-ring (bicyclic) bond motifs is 1. The van der Waals surface area contributed by atoms with E-state index in [1.165, 1.54) is 11.8 Å². The maximum absolute atomic E-state index is 12.0. The highest BCUT2D eigenvalue weighted by atomic mass is 32.2. The molecule has 0 atom stereocenters. The van der Waals surface area contributed by atoms with Crippen molar-refractivity contribution in [1.29, 1.82) is 0 Å². The molecule has 0 saturated heterocycles. The third-order valence-electron chi connectivity index (χ3n) is 3.65. The summed E-state index contributed by atoms with van der Waals surface area (Å²) < 4.78 is 12.1. The molecule has 3 aromatic heterocycles. The number of H-pyrrole nitrogens is 1. The summed E-state index contributed by atoms with van der Waals surface area (Å²) in [6.07, 6.45) is 1.57. The van der Waals surface area contributed by atoms with Gasteiger partial charge in [0.25, 0.3) is 5.56 Å². The first kappa shape index (κ1) is 15.5. The molecule has 0 fully saturated rings. The minimum Gasteiger partial charge on any atom is -0.497 e. The van der Waals surface area contributed by atoms with Gasteiger partial charge >= 0.3 is 0 Å². The molecule has 4 aromatic rings. The summed E-state index contributed by atoms with van der Waals surface area (Å²) in [6.45, 7) is 0. The first-order valence-electron chi connectivity index (χ1n) is 7.52. The topological polar surface area (TPSA) is 85.4 Å². The Balaban J connectivity index is 1.67. The lowest BCUT2D eigenvalue weighted by Crippen LogP contribution is -2.13. The Kier molecular flexibility index (Phi) is 4.02. The van der Waals surface area contributed by atoms with E-state index >= 15 is 0 Å². The van der Waals surface area contributed by atoms with Gasteiger partial charge in [-0.15, -0.1) is 5.10 Å². The monoisotopic (exact) mass is 354 g/mol. The van der Waals surface area contributed by atoms with Gasteiger partial charge in [-0.3, -0.25) is 4.79 Å². The van der Waals surface area contributed by atoms with Crippen molar-refractivity contribution in [3.05, 3.63) is 64.6 Å². The molecule has 0 amide bonds. The van der Waals surface area contributed by atoms with Crippen LogP contribution >= 0.6 is 11.8 Å². The molecule has 0 spiro atoms. The van der Waals surface area contributed by atoms with E-state index in [0.29, 0.717) is 27.9 Å². The highest BCUT2D eigenvalue weighted by molar-refractivity contribution is 7.98. The molecule has 3 heterocycles. The lowest BCUT2D eigenvalue weighted by atomic mass is 10.2. The van der Waals surface area contributed by atoms with Crippen LogP contribution in [-0.4, -0.2) is 26.9 Å². The molecule has 7 nitrogen and oxygen atoms in total. The molecule has 0 unspecified atom stereocenters. The van der Waals surface area contributed by atoms with Gasteiger partial charge in [-0.1, -0.05) is 23.9 Å². The van der Waals surface area contributed by atoms with E-state index < -0.39 is 0 Å². The highest BCUT2D eigenvalue weighted by Crippen LogP contribution is 2.25. The molecule has 25 heavy (non-hydrogen) atoms. The molecular weight excluding hydrogens is 340 g/mol. The minimum atomic E-state index is -0.295. The number of benzene rings is 1. The van der Waals surface area contributed by atoms with Crippen molar-refractivity contribution in [1.82, 2.24) is 19.8 Å². The lowest BCUT2D eigenvalue weighted by molar-refractivity contribution is 0.414. The molecule has 0 saturated carbocycles. The third-order valence-corrected chi connectivity index (χ3v) is 4.65. The SMILES string of the molecule is COc1cccc(CSc2n[nH]c(=O)c3cc(-c4ccco4)nn23)c1. The highest BCUT2D eigenvalue weighted by Gasteiger charge is 2.13. The second-order valence-electron chi connectivity index (χ2n) is 5.28. The molecule has 0 bridgehead atoms. The van der Waals surface area contributed by atoms with Gasteiger partial charge in [-0.05, 0) is 29.8 Å². The summed E-state index contributed by atoms with van der Waals surface area (Å²) in [7, 11) is 1.64. The van der Waals surface area contributed by atoms with Crippen molar-refractivity contribution >= 4 is 17.3 Å². The van der Waals surface area contributed by atoms with E-state index in [-0.39, 0.29) is 5.56 Å². The Morgan fingerprint density at radius 1 is 1.28 bits per heavy atom. The predicted octanol–water partition coefficient (Wildman–Crippen LogP) is 2.98. The van der Waals surface area contributed by atoms with Crippen molar-refractivity contribution in [2.75, 3.05) is 7.11 Å². The van der Waals surface area contributed by atoms with E-state index in [0.717, 1.165) is 11.3 Å². The number of aromatic nitrogens is 4. The van der Waals surface area contributed by atoms with Crippen molar-refractivity contribution < 1.29 is 9.15 Å². The fraction of sp³-hybridized carbons (Fsp3) is 0.118. The standard InChI is InChI=1S/C17H14N4O3S/c1-23-12-5-2-4-11(8-12)10-25-17-19-18-16(22)14-9-13(20-21(14)17)15-6-3-7-24-15/h2-9H,10H2,1H3,(H,18,22). The van der Waals surface area contributed by atoms with Crippen LogP contribution in [0.4, 0.5) is 0 Å². The summed E-state index contributed by atoms with van der Waals surface area (Å²) in [6, 6.07) is 13.1.